The van der Waals surface area contributed by atoms with Crippen molar-refractivity contribution in [1.82, 2.24) is 5.32 Å². The Morgan fingerprint density at radius 1 is 1.43 bits per heavy atom. The van der Waals surface area contributed by atoms with Gasteiger partial charge in [0.05, 0.1) is 11.6 Å². The molecule has 21 heavy (non-hydrogen) atoms. The van der Waals surface area contributed by atoms with Crippen molar-refractivity contribution in [2.45, 2.75) is 12.8 Å². The van der Waals surface area contributed by atoms with Gasteiger partial charge in [-0.15, -0.1) is 13.2 Å². The number of rotatable bonds is 3. The lowest BCUT2D eigenvalue weighted by molar-refractivity contribution is -0.274. The van der Waals surface area contributed by atoms with Gasteiger partial charge in [0, 0.05) is 17.4 Å². The first-order valence-corrected chi connectivity index (χ1v) is 6.67. The zero-order valence-corrected chi connectivity index (χ0v) is 12.0. The molecule has 0 radical (unpaired) electrons. The summed E-state index contributed by atoms with van der Waals surface area (Å²) in [5.74, 6) is -1.94. The molecular weight excluding hydrogens is 357 g/mol. The van der Waals surface area contributed by atoms with Gasteiger partial charge >= 0.3 is 6.36 Å². The molecule has 2 rings (SSSR count). The summed E-state index contributed by atoms with van der Waals surface area (Å²) in [6, 6.07) is 3.85. The van der Waals surface area contributed by atoms with Gasteiger partial charge in [-0.2, -0.15) is 0 Å². The third kappa shape index (κ3) is 4.35. The van der Waals surface area contributed by atoms with Crippen LogP contribution < -0.4 is 15.4 Å². The van der Waals surface area contributed by atoms with Gasteiger partial charge in [0.2, 0.25) is 11.8 Å². The number of hydrogen-bond acceptors (Lipinski definition) is 3. The zero-order chi connectivity index (χ0) is 15.6. The molecule has 2 amide bonds. The molecule has 114 valence electrons. The topological polar surface area (TPSA) is 67.4 Å². The van der Waals surface area contributed by atoms with Crippen molar-refractivity contribution in [2.75, 3.05) is 11.9 Å². The van der Waals surface area contributed by atoms with Crippen LogP contribution in [0.1, 0.15) is 6.42 Å². The second-order valence-corrected chi connectivity index (χ2v) is 5.30. The quantitative estimate of drug-likeness (QED) is 0.863. The van der Waals surface area contributed by atoms with Crippen molar-refractivity contribution in [3.05, 3.63) is 22.7 Å². The third-order valence-electron chi connectivity index (χ3n) is 2.78. The number of hydrogen-bond donors (Lipinski definition) is 2. The molecule has 1 aromatic carbocycles. The van der Waals surface area contributed by atoms with E-state index in [9.17, 15) is 22.8 Å². The van der Waals surface area contributed by atoms with Crippen molar-refractivity contribution >= 4 is 33.4 Å². The van der Waals surface area contributed by atoms with E-state index in [1.165, 1.54) is 12.1 Å². The highest BCUT2D eigenvalue weighted by atomic mass is 79.9. The fourth-order valence-corrected chi connectivity index (χ4v) is 2.17. The van der Waals surface area contributed by atoms with Gasteiger partial charge in [0.15, 0.2) is 5.75 Å². The molecule has 0 bridgehead atoms. The summed E-state index contributed by atoms with van der Waals surface area (Å²) in [6.07, 6.45) is -4.86. The van der Waals surface area contributed by atoms with Crippen molar-refractivity contribution in [1.29, 1.82) is 0 Å². The number of benzene rings is 1. The summed E-state index contributed by atoms with van der Waals surface area (Å²) >= 11 is 3.03. The smallest absolute Gasteiger partial charge is 0.404 e. The second-order valence-electron chi connectivity index (χ2n) is 4.38. The Bertz CT molecular complexity index is 577. The highest BCUT2D eigenvalue weighted by Crippen LogP contribution is 2.33. The van der Waals surface area contributed by atoms with Gasteiger partial charge in [-0.1, -0.05) is 15.9 Å². The number of anilines is 1. The van der Waals surface area contributed by atoms with E-state index in [-0.39, 0.29) is 24.6 Å². The summed E-state index contributed by atoms with van der Waals surface area (Å²) in [4.78, 5) is 23.0. The highest BCUT2D eigenvalue weighted by molar-refractivity contribution is 9.10. The van der Waals surface area contributed by atoms with Crippen LogP contribution in [0.2, 0.25) is 0 Å². The highest BCUT2D eigenvalue weighted by Gasteiger charge is 2.33. The summed E-state index contributed by atoms with van der Waals surface area (Å²) in [5, 5.41) is 4.83. The fraction of sp³-hybridized carbons (Fsp3) is 0.333. The van der Waals surface area contributed by atoms with E-state index < -0.39 is 23.9 Å². The van der Waals surface area contributed by atoms with E-state index in [2.05, 4.69) is 31.3 Å². The Kier molecular flexibility index (Phi) is 4.40. The molecule has 2 N–H and O–H groups in total. The molecule has 1 unspecified atom stereocenters. The Morgan fingerprint density at radius 2 is 2.14 bits per heavy atom. The first kappa shape index (κ1) is 15.6. The van der Waals surface area contributed by atoms with Crippen LogP contribution in [-0.4, -0.2) is 24.7 Å². The van der Waals surface area contributed by atoms with E-state index in [1.54, 1.807) is 0 Å². The minimum Gasteiger partial charge on any atom is -0.404 e. The van der Waals surface area contributed by atoms with Gasteiger partial charge < -0.3 is 15.4 Å². The molecular formula is C12H10BrF3N2O3. The van der Waals surface area contributed by atoms with Crippen LogP contribution >= 0.6 is 15.9 Å². The predicted molar refractivity (Wildman–Crippen MR) is 70.6 cm³/mol. The van der Waals surface area contributed by atoms with E-state index in [0.29, 0.717) is 4.47 Å². The lowest BCUT2D eigenvalue weighted by atomic mass is 10.1. The third-order valence-corrected chi connectivity index (χ3v) is 3.27. The van der Waals surface area contributed by atoms with Gasteiger partial charge in [0.25, 0.3) is 0 Å². The van der Waals surface area contributed by atoms with Gasteiger partial charge in [-0.25, -0.2) is 0 Å². The maximum atomic E-state index is 12.3. The maximum absolute atomic E-state index is 12.3. The van der Waals surface area contributed by atoms with Crippen LogP contribution in [0.4, 0.5) is 18.9 Å². The summed E-state index contributed by atoms with van der Waals surface area (Å²) in [5.41, 5.74) is -0.111. The average Bonchev–Trinajstić information content (AvgIpc) is 2.77. The van der Waals surface area contributed by atoms with Gasteiger partial charge in [-0.3, -0.25) is 9.59 Å². The molecule has 1 saturated heterocycles. The van der Waals surface area contributed by atoms with E-state index in [4.69, 9.17) is 0 Å². The van der Waals surface area contributed by atoms with E-state index >= 15 is 0 Å². The van der Waals surface area contributed by atoms with Crippen LogP contribution in [-0.2, 0) is 9.59 Å². The van der Waals surface area contributed by atoms with Crippen LogP contribution in [0, 0.1) is 5.92 Å². The Morgan fingerprint density at radius 3 is 2.71 bits per heavy atom. The number of nitrogens with one attached hydrogen (secondary N) is 2. The summed E-state index contributed by atoms with van der Waals surface area (Å²) in [6.45, 7) is 0.163. The minimum absolute atomic E-state index is 0.0117. The van der Waals surface area contributed by atoms with Crippen molar-refractivity contribution in [2.24, 2.45) is 5.92 Å². The molecule has 1 heterocycles. The number of amides is 2. The number of ether oxygens (including phenoxy) is 1. The Labute approximate surface area is 126 Å². The molecule has 0 aromatic heterocycles. The minimum atomic E-state index is -4.87. The number of carbonyl (C=O) groups excluding carboxylic acids is 2. The molecule has 1 aliphatic heterocycles. The van der Waals surface area contributed by atoms with Crippen LogP contribution in [0.3, 0.4) is 0 Å². The molecule has 1 atom stereocenters. The lowest BCUT2D eigenvalue weighted by Crippen LogP contribution is -2.25. The molecule has 1 aliphatic rings. The number of carbonyl (C=O) groups is 2. The van der Waals surface area contributed by atoms with Crippen molar-refractivity contribution < 1.29 is 27.5 Å². The molecule has 9 heteroatoms. The molecule has 1 fully saturated rings. The van der Waals surface area contributed by atoms with E-state index in [1.807, 2.05) is 0 Å². The SMILES string of the molecule is O=C1CC(C(=O)Nc2ccc(Br)cc2OC(F)(F)F)CN1. The molecule has 0 aliphatic carbocycles. The standard InChI is InChI=1S/C12H10BrF3N2O3/c13-7-1-2-8(9(4-7)21-12(14,15)16)18-11(20)6-3-10(19)17-5-6/h1-2,4,6H,3,5H2,(H,17,19)(H,18,20). The maximum Gasteiger partial charge on any atom is 0.573 e. The fourth-order valence-electron chi connectivity index (χ4n) is 1.83. The largest absolute Gasteiger partial charge is 0.573 e. The number of halogens is 4. The molecule has 0 spiro atoms. The summed E-state index contributed by atoms with van der Waals surface area (Å²) < 4.78 is 41.3. The monoisotopic (exact) mass is 366 g/mol. The first-order chi connectivity index (χ1) is 9.74. The summed E-state index contributed by atoms with van der Waals surface area (Å²) in [7, 11) is 0. The second kappa shape index (κ2) is 5.92. The Balaban J connectivity index is 2.15. The normalized spacial score (nSPS) is 18.3. The van der Waals surface area contributed by atoms with Gasteiger partial charge in [0.1, 0.15) is 0 Å². The first-order valence-electron chi connectivity index (χ1n) is 5.87. The molecule has 0 saturated carbocycles. The lowest BCUT2D eigenvalue weighted by Gasteiger charge is -2.15. The average molecular weight is 367 g/mol. The molecule has 5 nitrogen and oxygen atoms in total. The van der Waals surface area contributed by atoms with Crippen LogP contribution in [0.15, 0.2) is 22.7 Å². The van der Waals surface area contributed by atoms with Gasteiger partial charge in [-0.05, 0) is 18.2 Å². The van der Waals surface area contributed by atoms with E-state index in [0.717, 1.165) is 6.07 Å². The predicted octanol–water partition coefficient (Wildman–Crippen LogP) is 2.42. The van der Waals surface area contributed by atoms with Crippen LogP contribution in [0.25, 0.3) is 0 Å². The molecule has 1 aromatic rings. The van der Waals surface area contributed by atoms with Crippen molar-refractivity contribution in [3.63, 3.8) is 0 Å². The zero-order valence-electron chi connectivity index (χ0n) is 10.5. The number of alkyl halides is 3. The van der Waals surface area contributed by atoms with Crippen LogP contribution in [0.5, 0.6) is 5.75 Å². The van der Waals surface area contributed by atoms with Crippen molar-refractivity contribution in [3.8, 4) is 5.75 Å². The Hall–Kier alpha value is -1.77.